The van der Waals surface area contributed by atoms with E-state index in [1.807, 2.05) is 45.5 Å². The molecule has 0 saturated carbocycles. The zero-order chi connectivity index (χ0) is 23.4. The van der Waals surface area contributed by atoms with Crippen molar-refractivity contribution in [3.05, 3.63) is 57.2 Å². The molecule has 9 heteroatoms. The number of methoxy groups -OCH3 is 1. The molecule has 0 spiro atoms. The molecule has 1 aromatic heterocycles. The highest BCUT2D eigenvalue weighted by Gasteiger charge is 2.36. The summed E-state index contributed by atoms with van der Waals surface area (Å²) in [5.41, 5.74) is 0.709. The quantitative estimate of drug-likeness (QED) is 0.603. The number of carbonyl (C=O) groups excluding carboxylic acids is 3. The number of halogens is 1. The summed E-state index contributed by atoms with van der Waals surface area (Å²) in [6.07, 6.45) is 1.61. The fourth-order valence-corrected chi connectivity index (χ4v) is 5.59. The lowest BCUT2D eigenvalue weighted by atomic mass is 9.95. The molecule has 2 aliphatic rings. The number of nitrogens with zero attached hydrogens (tertiary/aromatic N) is 3. The van der Waals surface area contributed by atoms with Crippen LogP contribution in [0.5, 0.6) is 0 Å². The van der Waals surface area contributed by atoms with Gasteiger partial charge in [-0.25, -0.2) is 4.79 Å². The normalized spacial score (nSPS) is 20.4. The molecule has 2 aliphatic heterocycles. The number of likely N-dealkylation sites (tertiary alicyclic amines) is 1. The van der Waals surface area contributed by atoms with Crippen LogP contribution in [0.15, 0.2) is 41.8 Å². The van der Waals surface area contributed by atoms with Crippen molar-refractivity contribution in [3.63, 3.8) is 0 Å². The Morgan fingerprint density at radius 1 is 1.03 bits per heavy atom. The fraction of sp³-hybridized carbons (Fsp3) is 0.458. The average molecular weight is 490 g/mol. The number of piperidine rings is 1. The number of hydrogen-bond acceptors (Lipinski definition) is 6. The molecule has 0 N–H and O–H groups in total. The van der Waals surface area contributed by atoms with Gasteiger partial charge in [0.2, 0.25) is 5.91 Å². The maximum absolute atomic E-state index is 13.3. The molecule has 2 fully saturated rings. The molecule has 3 heterocycles. The van der Waals surface area contributed by atoms with Crippen LogP contribution in [0, 0.1) is 5.92 Å². The van der Waals surface area contributed by atoms with Crippen LogP contribution in [0.4, 0.5) is 0 Å². The first-order valence-electron chi connectivity index (χ1n) is 11.2. The zero-order valence-corrected chi connectivity index (χ0v) is 20.2. The summed E-state index contributed by atoms with van der Waals surface area (Å²) in [4.78, 5) is 45.0. The van der Waals surface area contributed by atoms with E-state index >= 15 is 0 Å². The summed E-state index contributed by atoms with van der Waals surface area (Å²) in [5, 5.41) is 2.41. The minimum Gasteiger partial charge on any atom is -0.468 e. The van der Waals surface area contributed by atoms with E-state index in [9.17, 15) is 14.4 Å². The molecule has 0 aliphatic carbocycles. The highest BCUT2D eigenvalue weighted by atomic mass is 35.5. The largest absolute Gasteiger partial charge is 0.468 e. The number of carbonyl (C=O) groups is 3. The van der Waals surface area contributed by atoms with Gasteiger partial charge in [-0.3, -0.25) is 14.5 Å². The van der Waals surface area contributed by atoms with E-state index in [2.05, 4.69) is 0 Å². The van der Waals surface area contributed by atoms with Gasteiger partial charge in [-0.15, -0.1) is 11.3 Å². The summed E-state index contributed by atoms with van der Waals surface area (Å²) >= 11 is 7.79. The van der Waals surface area contributed by atoms with Crippen LogP contribution in [0.2, 0.25) is 5.02 Å². The molecule has 2 atom stereocenters. The number of rotatable bonds is 5. The Balaban J connectivity index is 1.38. The summed E-state index contributed by atoms with van der Waals surface area (Å²) in [7, 11) is 1.37. The van der Waals surface area contributed by atoms with Crippen LogP contribution >= 0.6 is 22.9 Å². The summed E-state index contributed by atoms with van der Waals surface area (Å²) in [6, 6.07) is 10.4. The molecule has 2 amide bonds. The lowest BCUT2D eigenvalue weighted by molar-refractivity contribution is -0.149. The predicted octanol–water partition coefficient (Wildman–Crippen LogP) is 3.31. The van der Waals surface area contributed by atoms with E-state index in [1.54, 1.807) is 11.0 Å². The van der Waals surface area contributed by atoms with Crippen LogP contribution in [0.25, 0.3) is 0 Å². The molecule has 33 heavy (non-hydrogen) atoms. The van der Waals surface area contributed by atoms with Crippen LogP contribution < -0.4 is 0 Å². The Labute approximate surface area is 202 Å². The average Bonchev–Trinajstić information content (AvgIpc) is 3.40. The Bertz CT molecular complexity index is 991. The molecular weight excluding hydrogens is 462 g/mol. The van der Waals surface area contributed by atoms with Crippen molar-refractivity contribution in [3.8, 4) is 0 Å². The Morgan fingerprint density at radius 3 is 2.45 bits per heavy atom. The number of amides is 2. The molecule has 2 saturated heterocycles. The Kier molecular flexibility index (Phi) is 7.67. The van der Waals surface area contributed by atoms with Crippen LogP contribution in [-0.4, -0.2) is 78.9 Å². The Morgan fingerprint density at radius 2 is 1.79 bits per heavy atom. The van der Waals surface area contributed by atoms with Crippen molar-refractivity contribution in [2.45, 2.75) is 18.9 Å². The van der Waals surface area contributed by atoms with Crippen LogP contribution in [-0.2, 0) is 14.3 Å². The van der Waals surface area contributed by atoms with Gasteiger partial charge < -0.3 is 14.5 Å². The molecule has 2 aromatic rings. The number of esters is 1. The van der Waals surface area contributed by atoms with E-state index in [0.717, 1.165) is 12.8 Å². The molecular formula is C24H28ClN3O4S. The SMILES string of the molecule is COC(=O)C(c1ccccc1Cl)N1CCN(C(=O)C2CCCN(C(=O)c3cccs3)C2)CC1. The van der Waals surface area contributed by atoms with Crippen molar-refractivity contribution in [2.75, 3.05) is 46.4 Å². The van der Waals surface area contributed by atoms with E-state index in [1.165, 1.54) is 18.4 Å². The van der Waals surface area contributed by atoms with E-state index < -0.39 is 6.04 Å². The van der Waals surface area contributed by atoms with Crippen molar-refractivity contribution in [2.24, 2.45) is 5.92 Å². The van der Waals surface area contributed by atoms with Crippen LogP contribution in [0.1, 0.15) is 34.1 Å². The summed E-state index contributed by atoms with van der Waals surface area (Å²) in [5.74, 6) is -0.453. The lowest BCUT2D eigenvalue weighted by Crippen LogP contribution is -2.54. The molecule has 0 radical (unpaired) electrons. The standard InChI is InChI=1S/C24H28ClN3O4S/c1-32-24(31)21(18-7-2-3-8-19(18)25)26-11-13-27(14-12-26)22(29)17-6-4-10-28(16-17)23(30)20-9-5-15-33-20/h2-3,5,7-9,15,17,21H,4,6,10-14,16H2,1H3. The van der Waals surface area contributed by atoms with Gasteiger partial charge >= 0.3 is 5.97 Å². The minimum atomic E-state index is -0.602. The van der Waals surface area contributed by atoms with Crippen molar-refractivity contribution < 1.29 is 19.1 Å². The van der Waals surface area contributed by atoms with Gasteiger partial charge in [0, 0.05) is 44.3 Å². The van der Waals surface area contributed by atoms with Gasteiger partial charge in [-0.2, -0.15) is 0 Å². The van der Waals surface area contributed by atoms with Crippen molar-refractivity contribution in [1.82, 2.24) is 14.7 Å². The lowest BCUT2D eigenvalue weighted by Gasteiger charge is -2.41. The maximum atomic E-state index is 13.3. The first kappa shape index (κ1) is 23.7. The summed E-state index contributed by atoms with van der Waals surface area (Å²) in [6.45, 7) is 3.27. The molecule has 7 nitrogen and oxygen atoms in total. The van der Waals surface area contributed by atoms with Gasteiger partial charge in [-0.1, -0.05) is 35.9 Å². The molecule has 4 rings (SSSR count). The monoisotopic (exact) mass is 489 g/mol. The fourth-order valence-electron chi connectivity index (χ4n) is 4.66. The van der Waals surface area contributed by atoms with E-state index in [0.29, 0.717) is 54.7 Å². The molecule has 176 valence electrons. The van der Waals surface area contributed by atoms with Crippen molar-refractivity contribution >= 4 is 40.7 Å². The Hall–Kier alpha value is -2.42. The third kappa shape index (κ3) is 5.23. The summed E-state index contributed by atoms with van der Waals surface area (Å²) < 4.78 is 5.05. The van der Waals surface area contributed by atoms with Gasteiger partial charge in [0.15, 0.2) is 0 Å². The molecule has 0 bridgehead atoms. The third-order valence-electron chi connectivity index (χ3n) is 6.41. The first-order valence-corrected chi connectivity index (χ1v) is 12.4. The first-order chi connectivity index (χ1) is 16.0. The second-order valence-corrected chi connectivity index (χ2v) is 9.73. The number of hydrogen-bond donors (Lipinski definition) is 0. The van der Waals surface area contributed by atoms with Gasteiger partial charge in [0.25, 0.3) is 5.91 Å². The van der Waals surface area contributed by atoms with Crippen molar-refractivity contribution in [1.29, 1.82) is 0 Å². The second kappa shape index (κ2) is 10.7. The minimum absolute atomic E-state index is 0.00739. The highest BCUT2D eigenvalue weighted by Crippen LogP contribution is 2.30. The predicted molar refractivity (Wildman–Crippen MR) is 127 cm³/mol. The smallest absolute Gasteiger partial charge is 0.327 e. The highest BCUT2D eigenvalue weighted by molar-refractivity contribution is 7.12. The number of piperazine rings is 1. The second-order valence-electron chi connectivity index (χ2n) is 8.38. The number of ether oxygens (including phenoxy) is 1. The number of thiophene rings is 1. The van der Waals surface area contributed by atoms with Gasteiger partial charge in [-0.05, 0) is 35.9 Å². The van der Waals surface area contributed by atoms with E-state index in [4.69, 9.17) is 16.3 Å². The van der Waals surface area contributed by atoms with Gasteiger partial charge in [0.1, 0.15) is 6.04 Å². The molecule has 1 aromatic carbocycles. The van der Waals surface area contributed by atoms with Gasteiger partial charge in [0.05, 0.1) is 17.9 Å². The molecule has 2 unspecified atom stereocenters. The van der Waals surface area contributed by atoms with Crippen LogP contribution in [0.3, 0.4) is 0 Å². The number of benzene rings is 1. The van der Waals surface area contributed by atoms with E-state index in [-0.39, 0.29) is 23.7 Å². The maximum Gasteiger partial charge on any atom is 0.327 e. The topological polar surface area (TPSA) is 70.2 Å². The zero-order valence-electron chi connectivity index (χ0n) is 18.6. The third-order valence-corrected chi connectivity index (χ3v) is 7.61.